The third-order valence-electron chi connectivity index (χ3n) is 3.29. The number of hydrogen-bond donors (Lipinski definition) is 1. The molecule has 0 spiro atoms. The van der Waals surface area contributed by atoms with E-state index in [4.69, 9.17) is 0 Å². The fraction of sp³-hybridized carbons (Fsp3) is 0.769. The van der Waals surface area contributed by atoms with Gasteiger partial charge in [-0.15, -0.1) is 6.58 Å². The van der Waals surface area contributed by atoms with Gasteiger partial charge in [-0.05, 0) is 12.8 Å². The van der Waals surface area contributed by atoms with Crippen LogP contribution in [0.2, 0.25) is 0 Å². The second-order valence-corrected chi connectivity index (χ2v) is 7.15. The summed E-state index contributed by atoms with van der Waals surface area (Å²) >= 11 is 0. The average molecular weight is 288 g/mol. The lowest BCUT2D eigenvalue weighted by molar-refractivity contribution is -0.132. The van der Waals surface area contributed by atoms with Gasteiger partial charge in [-0.25, -0.2) is 8.42 Å². The minimum atomic E-state index is -2.95. The molecule has 1 fully saturated rings. The number of nitrogens with one attached hydrogen (secondary N) is 1. The van der Waals surface area contributed by atoms with E-state index in [9.17, 15) is 13.2 Å². The van der Waals surface area contributed by atoms with Crippen LogP contribution in [0.15, 0.2) is 12.7 Å². The van der Waals surface area contributed by atoms with E-state index in [2.05, 4.69) is 18.8 Å². The number of sulfone groups is 1. The number of carbonyl (C=O) groups excluding carboxylic acids is 1. The summed E-state index contributed by atoms with van der Waals surface area (Å²) in [4.78, 5) is 13.9. The summed E-state index contributed by atoms with van der Waals surface area (Å²) in [6.07, 6.45) is 4.16. The van der Waals surface area contributed by atoms with E-state index >= 15 is 0 Å². The Kier molecular flexibility index (Phi) is 6.51. The molecule has 1 heterocycles. The molecule has 1 rings (SSSR count). The minimum Gasteiger partial charge on any atom is -0.338 e. The number of nitrogens with zero attached hydrogens (tertiary/aromatic N) is 1. The molecule has 0 aromatic heterocycles. The smallest absolute Gasteiger partial charge is 0.236 e. The van der Waals surface area contributed by atoms with Crippen molar-refractivity contribution in [1.29, 1.82) is 0 Å². The Labute approximate surface area is 116 Å². The highest BCUT2D eigenvalue weighted by molar-refractivity contribution is 7.91. The summed E-state index contributed by atoms with van der Waals surface area (Å²) in [6, 6.07) is -0.144. The number of rotatable bonds is 8. The number of hydrogen-bond acceptors (Lipinski definition) is 4. The van der Waals surface area contributed by atoms with Crippen molar-refractivity contribution in [3.63, 3.8) is 0 Å². The third kappa shape index (κ3) is 5.32. The molecular formula is C13H24N2O3S. The lowest BCUT2D eigenvalue weighted by atomic mass is 10.2. The van der Waals surface area contributed by atoms with Crippen molar-refractivity contribution in [1.82, 2.24) is 10.2 Å². The van der Waals surface area contributed by atoms with E-state index in [0.717, 1.165) is 12.8 Å². The van der Waals surface area contributed by atoms with Gasteiger partial charge < -0.3 is 10.2 Å². The molecule has 1 aliphatic heterocycles. The molecular weight excluding hydrogens is 264 g/mol. The van der Waals surface area contributed by atoms with Crippen LogP contribution in [-0.2, 0) is 14.6 Å². The molecule has 110 valence electrons. The average Bonchev–Trinajstić information content (AvgIpc) is 2.70. The lowest BCUT2D eigenvalue weighted by Crippen LogP contribution is -2.45. The van der Waals surface area contributed by atoms with Gasteiger partial charge in [-0.1, -0.05) is 19.4 Å². The summed E-state index contributed by atoms with van der Waals surface area (Å²) in [7, 11) is -2.95. The first kappa shape index (κ1) is 16.2. The molecule has 1 unspecified atom stereocenters. The van der Waals surface area contributed by atoms with Crippen LogP contribution in [0.25, 0.3) is 0 Å². The molecule has 1 amide bonds. The maximum absolute atomic E-state index is 12.2. The molecule has 0 bridgehead atoms. The van der Waals surface area contributed by atoms with Gasteiger partial charge in [0.25, 0.3) is 0 Å². The van der Waals surface area contributed by atoms with Crippen molar-refractivity contribution in [2.24, 2.45) is 0 Å². The second-order valence-electron chi connectivity index (χ2n) is 4.92. The van der Waals surface area contributed by atoms with Crippen LogP contribution < -0.4 is 5.32 Å². The normalized spacial score (nSPS) is 21.2. The number of unbranched alkanes of at least 4 members (excludes halogenated alkanes) is 1. The summed E-state index contributed by atoms with van der Waals surface area (Å²) in [6.45, 7) is 7.11. The van der Waals surface area contributed by atoms with Gasteiger partial charge in [0, 0.05) is 19.1 Å². The van der Waals surface area contributed by atoms with Gasteiger partial charge in [0.1, 0.15) is 0 Å². The summed E-state index contributed by atoms with van der Waals surface area (Å²) in [5.74, 6) is 0.301. The van der Waals surface area contributed by atoms with E-state index in [0.29, 0.717) is 19.5 Å². The Hall–Kier alpha value is -0.880. The van der Waals surface area contributed by atoms with Gasteiger partial charge in [-0.2, -0.15) is 0 Å². The zero-order valence-corrected chi connectivity index (χ0v) is 12.4. The van der Waals surface area contributed by atoms with Crippen molar-refractivity contribution in [3.05, 3.63) is 12.7 Å². The molecule has 1 aliphatic rings. The summed E-state index contributed by atoms with van der Waals surface area (Å²) in [5, 5.41) is 2.98. The minimum absolute atomic E-state index is 0.0163. The molecule has 5 nitrogen and oxygen atoms in total. The van der Waals surface area contributed by atoms with Gasteiger partial charge in [-0.3, -0.25) is 4.79 Å². The first-order valence-electron chi connectivity index (χ1n) is 6.81. The molecule has 6 heteroatoms. The Morgan fingerprint density at radius 3 is 2.79 bits per heavy atom. The zero-order valence-electron chi connectivity index (χ0n) is 11.6. The third-order valence-corrected chi connectivity index (χ3v) is 5.04. The van der Waals surface area contributed by atoms with E-state index < -0.39 is 9.84 Å². The largest absolute Gasteiger partial charge is 0.338 e. The maximum Gasteiger partial charge on any atom is 0.236 e. The highest BCUT2D eigenvalue weighted by Gasteiger charge is 2.33. The molecule has 0 radical (unpaired) electrons. The number of amides is 1. The van der Waals surface area contributed by atoms with Crippen molar-refractivity contribution in [3.8, 4) is 0 Å². The molecule has 1 saturated heterocycles. The predicted octanol–water partition coefficient (Wildman–Crippen LogP) is 0.578. The Bertz CT molecular complexity index is 406. The molecule has 1 N–H and O–H groups in total. The molecule has 0 saturated carbocycles. The zero-order chi connectivity index (χ0) is 14.3. The lowest BCUT2D eigenvalue weighted by Gasteiger charge is -2.28. The Morgan fingerprint density at radius 1 is 1.53 bits per heavy atom. The van der Waals surface area contributed by atoms with Crippen LogP contribution in [-0.4, -0.2) is 56.4 Å². The first-order valence-corrected chi connectivity index (χ1v) is 8.63. The SMILES string of the molecule is C=CCNCC(=O)N(CCCC)C1CCS(=O)(=O)C1. The van der Waals surface area contributed by atoms with Gasteiger partial charge in [0.05, 0.1) is 18.1 Å². The number of carbonyl (C=O) groups is 1. The quantitative estimate of drug-likeness (QED) is 0.524. The van der Waals surface area contributed by atoms with E-state index in [1.54, 1.807) is 11.0 Å². The summed E-state index contributed by atoms with van der Waals surface area (Å²) < 4.78 is 23.1. The van der Waals surface area contributed by atoms with E-state index in [1.165, 1.54) is 0 Å². The highest BCUT2D eigenvalue weighted by Crippen LogP contribution is 2.18. The second kappa shape index (κ2) is 7.65. The van der Waals surface area contributed by atoms with E-state index in [1.807, 2.05) is 0 Å². The van der Waals surface area contributed by atoms with Crippen LogP contribution in [0.4, 0.5) is 0 Å². The standard InChI is InChI=1S/C13H24N2O3S/c1-3-5-8-15(13(16)10-14-7-4-2)12-6-9-19(17,18)11-12/h4,12,14H,2-3,5-11H2,1H3. The molecule has 0 aromatic carbocycles. The van der Waals surface area contributed by atoms with Gasteiger partial charge >= 0.3 is 0 Å². The highest BCUT2D eigenvalue weighted by atomic mass is 32.2. The van der Waals surface area contributed by atoms with E-state index in [-0.39, 0.29) is 30.0 Å². The molecule has 19 heavy (non-hydrogen) atoms. The molecule has 1 atom stereocenters. The Balaban J connectivity index is 2.60. The fourth-order valence-electron chi connectivity index (χ4n) is 2.24. The van der Waals surface area contributed by atoms with Crippen LogP contribution in [0.5, 0.6) is 0 Å². The monoisotopic (exact) mass is 288 g/mol. The summed E-state index contributed by atoms with van der Waals surface area (Å²) in [5.41, 5.74) is 0. The van der Waals surface area contributed by atoms with Crippen molar-refractivity contribution in [2.75, 3.05) is 31.1 Å². The van der Waals surface area contributed by atoms with Gasteiger partial charge in [0.2, 0.25) is 5.91 Å². The van der Waals surface area contributed by atoms with Crippen LogP contribution >= 0.6 is 0 Å². The van der Waals surface area contributed by atoms with Crippen LogP contribution in [0.3, 0.4) is 0 Å². The Morgan fingerprint density at radius 2 is 2.26 bits per heavy atom. The van der Waals surface area contributed by atoms with Crippen LogP contribution in [0.1, 0.15) is 26.2 Å². The van der Waals surface area contributed by atoms with Crippen molar-refractivity contribution < 1.29 is 13.2 Å². The maximum atomic E-state index is 12.2. The van der Waals surface area contributed by atoms with Crippen molar-refractivity contribution >= 4 is 15.7 Å². The first-order chi connectivity index (χ1) is 9.00. The van der Waals surface area contributed by atoms with Crippen LogP contribution in [0, 0.1) is 0 Å². The molecule has 0 aliphatic carbocycles. The molecule has 0 aromatic rings. The predicted molar refractivity (Wildman–Crippen MR) is 76.7 cm³/mol. The topological polar surface area (TPSA) is 66.5 Å². The van der Waals surface area contributed by atoms with Crippen molar-refractivity contribution in [2.45, 2.75) is 32.2 Å². The van der Waals surface area contributed by atoms with Gasteiger partial charge in [0.15, 0.2) is 9.84 Å². The fourth-order valence-corrected chi connectivity index (χ4v) is 3.97.